The smallest absolute Gasteiger partial charge is 0.317 e. The quantitative estimate of drug-likeness (QED) is 0.658. The second-order valence-electron chi connectivity index (χ2n) is 7.68. The van der Waals surface area contributed by atoms with Crippen LogP contribution in [0.4, 0.5) is 9.18 Å². The molecule has 0 saturated heterocycles. The number of ether oxygens (including phenoxy) is 2. The summed E-state index contributed by atoms with van der Waals surface area (Å²) in [4.78, 5) is 26.7. The number of halogens is 1. The molecule has 0 saturated carbocycles. The third kappa shape index (κ3) is 5.42. The zero-order valence-electron chi connectivity index (χ0n) is 19.3. The van der Waals surface area contributed by atoms with E-state index in [1.54, 1.807) is 43.5 Å². The van der Waals surface area contributed by atoms with Gasteiger partial charge in [-0.1, -0.05) is 25.1 Å². The largest absolute Gasteiger partial charge is 0.497 e. The number of methoxy groups -OCH3 is 2. The van der Waals surface area contributed by atoms with Crippen molar-refractivity contribution in [3.8, 4) is 11.5 Å². The molecule has 8 nitrogen and oxygen atoms in total. The number of hydrogen-bond donors (Lipinski definition) is 1. The highest BCUT2D eigenvalue weighted by Crippen LogP contribution is 2.37. The number of urea groups is 1. The van der Waals surface area contributed by atoms with Crippen molar-refractivity contribution in [2.45, 2.75) is 25.8 Å². The summed E-state index contributed by atoms with van der Waals surface area (Å²) in [5.41, 5.74) is 1.62. The molecule has 0 bridgehead atoms. The van der Waals surface area contributed by atoms with Crippen LogP contribution < -0.4 is 14.8 Å². The van der Waals surface area contributed by atoms with Gasteiger partial charge in [0.1, 0.15) is 23.9 Å². The van der Waals surface area contributed by atoms with Crippen molar-refractivity contribution < 1.29 is 23.5 Å². The molecule has 1 N–H and O–H groups in total. The predicted molar refractivity (Wildman–Crippen MR) is 123 cm³/mol. The molecule has 176 valence electrons. The molecule has 9 heteroatoms. The maximum absolute atomic E-state index is 14.7. The molecule has 3 rings (SSSR count). The van der Waals surface area contributed by atoms with Crippen LogP contribution in [0.3, 0.4) is 0 Å². The molecule has 0 radical (unpaired) electrons. The lowest BCUT2D eigenvalue weighted by molar-refractivity contribution is -0.133. The van der Waals surface area contributed by atoms with Crippen molar-refractivity contribution in [1.82, 2.24) is 15.2 Å². The van der Waals surface area contributed by atoms with E-state index >= 15 is 0 Å². The number of carbonyl (C=O) groups excluding carboxylic acids is 2. The van der Waals surface area contributed by atoms with Crippen molar-refractivity contribution in [3.05, 3.63) is 59.4 Å². The number of nitrogens with zero attached hydrogens (tertiary/aromatic N) is 3. The first-order chi connectivity index (χ1) is 15.9. The topological polar surface area (TPSA) is 83.5 Å². The first-order valence-corrected chi connectivity index (χ1v) is 10.7. The summed E-state index contributed by atoms with van der Waals surface area (Å²) < 4.78 is 25.4. The number of hydrogen-bond acceptors (Lipinski definition) is 5. The van der Waals surface area contributed by atoms with E-state index in [9.17, 15) is 14.0 Å². The number of carbonyl (C=O) groups is 2. The average molecular weight is 457 g/mol. The van der Waals surface area contributed by atoms with Crippen LogP contribution in [-0.2, 0) is 4.79 Å². The van der Waals surface area contributed by atoms with Crippen LogP contribution in [-0.4, -0.2) is 61.9 Å². The Morgan fingerprint density at radius 1 is 1.21 bits per heavy atom. The van der Waals surface area contributed by atoms with Crippen molar-refractivity contribution in [1.29, 1.82) is 0 Å². The van der Waals surface area contributed by atoms with Gasteiger partial charge in [-0.3, -0.25) is 4.79 Å². The highest BCUT2D eigenvalue weighted by molar-refractivity contribution is 6.05. The third-order valence-corrected chi connectivity index (χ3v) is 5.40. The first kappa shape index (κ1) is 24.0. The van der Waals surface area contributed by atoms with Gasteiger partial charge in [0.25, 0.3) is 5.91 Å². The van der Waals surface area contributed by atoms with Crippen molar-refractivity contribution in [2.75, 3.05) is 34.4 Å². The number of rotatable bonds is 8. The Kier molecular flexibility index (Phi) is 7.87. The Balaban J connectivity index is 1.93. The van der Waals surface area contributed by atoms with E-state index in [1.807, 2.05) is 6.92 Å². The Morgan fingerprint density at radius 2 is 1.97 bits per heavy atom. The molecule has 0 aliphatic carbocycles. The Labute approximate surface area is 193 Å². The van der Waals surface area contributed by atoms with Gasteiger partial charge in [-0.15, -0.1) is 0 Å². The van der Waals surface area contributed by atoms with E-state index in [0.29, 0.717) is 41.3 Å². The summed E-state index contributed by atoms with van der Waals surface area (Å²) in [5.74, 6) is 0.311. The second-order valence-corrected chi connectivity index (χ2v) is 7.68. The molecule has 1 aliphatic heterocycles. The minimum atomic E-state index is -0.646. The van der Waals surface area contributed by atoms with Crippen molar-refractivity contribution >= 4 is 17.6 Å². The van der Waals surface area contributed by atoms with Gasteiger partial charge in [0.2, 0.25) is 0 Å². The van der Waals surface area contributed by atoms with Crippen LogP contribution in [0.5, 0.6) is 11.5 Å². The van der Waals surface area contributed by atoms with Crippen LogP contribution >= 0.6 is 0 Å². The number of likely N-dealkylation sites (N-methyl/N-ethyl adjacent to an activating group) is 1. The van der Waals surface area contributed by atoms with Crippen LogP contribution in [0, 0.1) is 5.82 Å². The lowest BCUT2D eigenvalue weighted by Gasteiger charge is -2.25. The third-order valence-electron chi connectivity index (χ3n) is 5.40. The van der Waals surface area contributed by atoms with Crippen molar-refractivity contribution in [3.63, 3.8) is 0 Å². The molecular formula is C24H29FN4O4. The Hall–Kier alpha value is -3.62. The Morgan fingerprint density at radius 3 is 2.64 bits per heavy atom. The zero-order valence-corrected chi connectivity index (χ0v) is 19.3. The second kappa shape index (κ2) is 10.8. The fraction of sp³-hybridized carbons (Fsp3) is 0.375. The van der Waals surface area contributed by atoms with Crippen LogP contribution in [0.15, 0.2) is 47.6 Å². The molecule has 1 atom stereocenters. The molecular weight excluding hydrogens is 427 g/mol. The van der Waals surface area contributed by atoms with Crippen molar-refractivity contribution in [2.24, 2.45) is 5.10 Å². The van der Waals surface area contributed by atoms with Gasteiger partial charge in [-0.2, -0.15) is 5.10 Å². The minimum absolute atomic E-state index is 0.197. The van der Waals surface area contributed by atoms with Gasteiger partial charge in [0.15, 0.2) is 0 Å². The molecule has 3 amide bonds. The molecule has 0 unspecified atom stereocenters. The average Bonchev–Trinajstić information content (AvgIpc) is 3.27. The summed E-state index contributed by atoms with van der Waals surface area (Å²) in [6, 6.07) is 10.6. The lowest BCUT2D eigenvalue weighted by Crippen LogP contribution is -2.43. The normalized spacial score (nSPS) is 15.1. The molecule has 1 aliphatic rings. The highest BCUT2D eigenvalue weighted by atomic mass is 19.1. The molecule has 2 aromatic carbocycles. The number of hydrazone groups is 1. The zero-order chi connectivity index (χ0) is 24.0. The molecule has 1 heterocycles. The number of benzene rings is 2. The van der Waals surface area contributed by atoms with E-state index in [1.165, 1.54) is 30.1 Å². The van der Waals surface area contributed by atoms with Gasteiger partial charge in [0.05, 0.1) is 26.0 Å². The van der Waals surface area contributed by atoms with Gasteiger partial charge in [-0.25, -0.2) is 14.2 Å². The van der Waals surface area contributed by atoms with Gasteiger partial charge >= 0.3 is 6.03 Å². The Bertz CT molecular complexity index is 1040. The molecule has 2 aromatic rings. The number of nitrogens with one attached hydrogen (secondary N) is 1. The van der Waals surface area contributed by atoms with Gasteiger partial charge < -0.3 is 19.7 Å². The monoisotopic (exact) mass is 456 g/mol. The molecule has 0 aromatic heterocycles. The maximum atomic E-state index is 14.7. The van der Waals surface area contributed by atoms with E-state index in [0.717, 1.165) is 6.42 Å². The van der Waals surface area contributed by atoms with E-state index in [-0.39, 0.29) is 12.6 Å². The molecule has 0 fully saturated rings. The SMILES string of the molecule is CCCNC(=O)N(C)CC(=O)N1N=C(c2ccc(OC)cc2OC)C[C@H]1c1ccccc1F. The summed E-state index contributed by atoms with van der Waals surface area (Å²) >= 11 is 0. The minimum Gasteiger partial charge on any atom is -0.497 e. The molecule has 33 heavy (non-hydrogen) atoms. The van der Waals surface area contributed by atoms with Crippen LogP contribution in [0.1, 0.15) is 36.9 Å². The van der Waals surface area contributed by atoms with Gasteiger partial charge in [-0.05, 0) is 24.6 Å². The van der Waals surface area contributed by atoms with E-state index < -0.39 is 17.8 Å². The van der Waals surface area contributed by atoms with Crippen LogP contribution in [0.25, 0.3) is 0 Å². The maximum Gasteiger partial charge on any atom is 0.317 e. The van der Waals surface area contributed by atoms with E-state index in [4.69, 9.17) is 9.47 Å². The van der Waals surface area contributed by atoms with Crippen LogP contribution in [0.2, 0.25) is 0 Å². The van der Waals surface area contributed by atoms with Gasteiger partial charge in [0, 0.05) is 37.2 Å². The number of amides is 3. The first-order valence-electron chi connectivity index (χ1n) is 10.7. The standard InChI is InChI=1S/C24H29FN4O4/c1-5-12-26-24(31)28(2)15-23(30)29-21(17-8-6-7-9-19(17)25)14-20(27-29)18-11-10-16(32-3)13-22(18)33-4/h6-11,13,21H,5,12,14-15H2,1-4H3,(H,26,31)/t21-/m0/s1. The summed E-state index contributed by atoms with van der Waals surface area (Å²) in [5, 5.41) is 8.55. The summed E-state index contributed by atoms with van der Waals surface area (Å²) in [6.07, 6.45) is 1.08. The summed E-state index contributed by atoms with van der Waals surface area (Å²) in [7, 11) is 4.63. The lowest BCUT2D eigenvalue weighted by atomic mass is 9.97. The summed E-state index contributed by atoms with van der Waals surface area (Å²) in [6.45, 7) is 2.26. The predicted octanol–water partition coefficient (Wildman–Crippen LogP) is 3.57. The fourth-order valence-corrected chi connectivity index (χ4v) is 3.64. The molecule has 0 spiro atoms. The van der Waals surface area contributed by atoms with E-state index in [2.05, 4.69) is 10.4 Å². The fourth-order valence-electron chi connectivity index (χ4n) is 3.64. The highest BCUT2D eigenvalue weighted by Gasteiger charge is 2.36.